The molecule has 0 aliphatic carbocycles. The zero-order valence-electron chi connectivity index (χ0n) is 21.8. The highest BCUT2D eigenvalue weighted by Gasteiger charge is 2.19. The third-order valence-corrected chi connectivity index (χ3v) is 6.81. The van der Waals surface area contributed by atoms with E-state index in [1.165, 1.54) is 11.1 Å². The molecule has 2 N–H and O–H groups in total. The van der Waals surface area contributed by atoms with Crippen LogP contribution in [0.15, 0.2) is 36.4 Å². The molecule has 1 heterocycles. The van der Waals surface area contributed by atoms with Crippen LogP contribution in [0.3, 0.4) is 0 Å². The Bertz CT molecular complexity index is 898. The summed E-state index contributed by atoms with van der Waals surface area (Å²) in [4.78, 5) is 4.59. The zero-order valence-corrected chi connectivity index (χ0v) is 21.8. The Morgan fingerprint density at radius 3 is 2.09 bits per heavy atom. The van der Waals surface area contributed by atoms with Crippen molar-refractivity contribution in [1.29, 1.82) is 0 Å². The predicted octanol–water partition coefficient (Wildman–Crippen LogP) is 4.28. The maximum atomic E-state index is 9.68. The van der Waals surface area contributed by atoms with Gasteiger partial charge in [-0.2, -0.15) is 0 Å². The fourth-order valence-corrected chi connectivity index (χ4v) is 4.87. The van der Waals surface area contributed by atoms with Gasteiger partial charge in [-0.25, -0.2) is 0 Å². The Morgan fingerprint density at radius 1 is 0.914 bits per heavy atom. The van der Waals surface area contributed by atoms with Crippen molar-refractivity contribution < 1.29 is 19.7 Å². The molecular weight excluding hydrogens is 440 g/mol. The van der Waals surface area contributed by atoms with Crippen molar-refractivity contribution in [1.82, 2.24) is 9.80 Å². The van der Waals surface area contributed by atoms with Gasteiger partial charge in [0.25, 0.3) is 0 Å². The van der Waals surface area contributed by atoms with E-state index < -0.39 is 0 Å². The summed E-state index contributed by atoms with van der Waals surface area (Å²) in [5, 5.41) is 18.9. The van der Waals surface area contributed by atoms with E-state index in [2.05, 4.69) is 54.8 Å². The van der Waals surface area contributed by atoms with Gasteiger partial charge in [0, 0.05) is 32.7 Å². The smallest absolute Gasteiger partial charge is 0.122 e. The second-order valence-electron chi connectivity index (χ2n) is 9.57. The minimum absolute atomic E-state index is 0.167. The molecule has 0 radical (unpaired) electrons. The molecule has 35 heavy (non-hydrogen) atoms. The molecule has 194 valence electrons. The van der Waals surface area contributed by atoms with Crippen LogP contribution in [0.4, 0.5) is 0 Å². The standard InChI is InChI=1S/C29H44N2O4/c1-4-14-30(18-19-32)15-7-20-34-28-11-5-9-26(23(28)2)27-10-6-12-29(24(27)3)35-21-8-16-31-17-13-25(33)22-31/h5-6,9-12,25,32-33H,4,7-8,13-22H2,1-3H3. The van der Waals surface area contributed by atoms with Crippen LogP contribution >= 0.6 is 0 Å². The number of rotatable bonds is 15. The maximum Gasteiger partial charge on any atom is 0.122 e. The molecule has 0 spiro atoms. The number of hydrogen-bond donors (Lipinski definition) is 2. The first-order valence-corrected chi connectivity index (χ1v) is 13.2. The second kappa shape index (κ2) is 14.4. The maximum absolute atomic E-state index is 9.68. The van der Waals surface area contributed by atoms with Crippen LogP contribution in [0.25, 0.3) is 11.1 Å². The Kier molecular flexibility index (Phi) is 11.3. The van der Waals surface area contributed by atoms with E-state index in [9.17, 15) is 10.2 Å². The first-order valence-electron chi connectivity index (χ1n) is 13.2. The van der Waals surface area contributed by atoms with Crippen LogP contribution in [-0.4, -0.2) is 85.2 Å². The summed E-state index contributed by atoms with van der Waals surface area (Å²) in [5.74, 6) is 1.85. The van der Waals surface area contributed by atoms with Gasteiger partial charge in [0.2, 0.25) is 0 Å². The molecule has 1 aliphatic heterocycles. The highest BCUT2D eigenvalue weighted by Crippen LogP contribution is 2.35. The van der Waals surface area contributed by atoms with Gasteiger partial charge in [-0.1, -0.05) is 31.2 Å². The van der Waals surface area contributed by atoms with Crippen LogP contribution in [0.5, 0.6) is 11.5 Å². The SMILES string of the molecule is CCCN(CCO)CCCOc1cccc(-c2cccc(OCCCN3CCC(O)C3)c2C)c1C. The minimum Gasteiger partial charge on any atom is -0.493 e. The molecule has 1 atom stereocenters. The number of aliphatic hydroxyl groups excluding tert-OH is 2. The molecule has 6 nitrogen and oxygen atoms in total. The molecule has 3 rings (SSSR count). The Labute approximate surface area is 211 Å². The van der Waals surface area contributed by atoms with Crippen molar-refractivity contribution in [2.24, 2.45) is 0 Å². The molecule has 1 aliphatic rings. The average Bonchev–Trinajstić information content (AvgIpc) is 3.27. The molecule has 0 amide bonds. The summed E-state index contributed by atoms with van der Waals surface area (Å²) < 4.78 is 12.3. The highest BCUT2D eigenvalue weighted by molar-refractivity contribution is 5.74. The molecule has 2 aromatic carbocycles. The molecule has 2 aromatic rings. The second-order valence-corrected chi connectivity index (χ2v) is 9.57. The van der Waals surface area contributed by atoms with Crippen molar-refractivity contribution in [2.45, 2.75) is 52.6 Å². The molecule has 1 fully saturated rings. The molecular formula is C29H44N2O4. The van der Waals surface area contributed by atoms with Crippen molar-refractivity contribution in [2.75, 3.05) is 59.1 Å². The van der Waals surface area contributed by atoms with E-state index in [0.717, 1.165) is 87.6 Å². The fourth-order valence-electron chi connectivity index (χ4n) is 4.87. The minimum atomic E-state index is -0.167. The van der Waals surface area contributed by atoms with Gasteiger partial charge in [-0.05, 0) is 80.5 Å². The first-order chi connectivity index (χ1) is 17.0. The molecule has 0 aromatic heterocycles. The third kappa shape index (κ3) is 8.21. The van der Waals surface area contributed by atoms with E-state index in [-0.39, 0.29) is 12.7 Å². The van der Waals surface area contributed by atoms with Gasteiger partial charge in [0.15, 0.2) is 0 Å². The van der Waals surface area contributed by atoms with Crippen molar-refractivity contribution in [3.63, 3.8) is 0 Å². The Balaban J connectivity index is 1.56. The fraction of sp³-hybridized carbons (Fsp3) is 0.586. The third-order valence-electron chi connectivity index (χ3n) is 6.81. The Morgan fingerprint density at radius 2 is 1.54 bits per heavy atom. The lowest BCUT2D eigenvalue weighted by Crippen LogP contribution is -2.29. The quantitative estimate of drug-likeness (QED) is 0.368. The normalized spacial score (nSPS) is 16.2. The van der Waals surface area contributed by atoms with E-state index in [1.807, 2.05) is 12.1 Å². The predicted molar refractivity (Wildman–Crippen MR) is 142 cm³/mol. The summed E-state index contributed by atoms with van der Waals surface area (Å²) in [6, 6.07) is 12.5. The summed E-state index contributed by atoms with van der Waals surface area (Å²) in [6.45, 7) is 13.3. The largest absolute Gasteiger partial charge is 0.493 e. The number of hydrogen-bond acceptors (Lipinski definition) is 6. The number of benzene rings is 2. The first kappa shape index (κ1) is 27.5. The summed E-state index contributed by atoms with van der Waals surface area (Å²) in [7, 11) is 0. The van der Waals surface area contributed by atoms with Crippen molar-refractivity contribution >= 4 is 0 Å². The van der Waals surface area contributed by atoms with Crippen LogP contribution < -0.4 is 9.47 Å². The number of aliphatic hydroxyl groups is 2. The zero-order chi connectivity index (χ0) is 25.0. The van der Waals surface area contributed by atoms with Gasteiger partial charge in [-0.15, -0.1) is 0 Å². The van der Waals surface area contributed by atoms with Crippen LogP contribution in [-0.2, 0) is 0 Å². The lowest BCUT2D eigenvalue weighted by atomic mass is 9.95. The topological polar surface area (TPSA) is 65.4 Å². The van der Waals surface area contributed by atoms with E-state index in [1.54, 1.807) is 0 Å². The van der Waals surface area contributed by atoms with Gasteiger partial charge < -0.3 is 29.5 Å². The molecule has 1 saturated heterocycles. The van der Waals surface area contributed by atoms with Crippen LogP contribution in [0.2, 0.25) is 0 Å². The van der Waals surface area contributed by atoms with Gasteiger partial charge >= 0.3 is 0 Å². The van der Waals surface area contributed by atoms with E-state index in [4.69, 9.17) is 9.47 Å². The summed E-state index contributed by atoms with van der Waals surface area (Å²) >= 11 is 0. The lowest BCUT2D eigenvalue weighted by Gasteiger charge is -2.21. The average molecular weight is 485 g/mol. The monoisotopic (exact) mass is 484 g/mol. The van der Waals surface area contributed by atoms with Gasteiger partial charge in [-0.3, -0.25) is 0 Å². The molecule has 0 saturated carbocycles. The van der Waals surface area contributed by atoms with Crippen molar-refractivity contribution in [3.05, 3.63) is 47.5 Å². The van der Waals surface area contributed by atoms with Crippen LogP contribution in [0, 0.1) is 13.8 Å². The Hall–Kier alpha value is -2.12. The van der Waals surface area contributed by atoms with E-state index in [0.29, 0.717) is 13.2 Å². The highest BCUT2D eigenvalue weighted by atomic mass is 16.5. The number of likely N-dealkylation sites (tertiary alicyclic amines) is 1. The molecule has 0 bridgehead atoms. The summed E-state index contributed by atoms with van der Waals surface area (Å²) in [6.07, 6.45) is 3.69. The van der Waals surface area contributed by atoms with Gasteiger partial charge in [0.1, 0.15) is 11.5 Å². The summed E-state index contributed by atoms with van der Waals surface area (Å²) in [5.41, 5.74) is 4.62. The van der Waals surface area contributed by atoms with Crippen LogP contribution in [0.1, 0.15) is 43.7 Å². The number of β-amino-alcohol motifs (C(OH)–C–C–N with tert-alkyl or cyclic N) is 1. The lowest BCUT2D eigenvalue weighted by molar-refractivity contribution is 0.173. The van der Waals surface area contributed by atoms with E-state index >= 15 is 0 Å². The molecule has 1 unspecified atom stereocenters. The number of nitrogens with zero attached hydrogens (tertiary/aromatic N) is 2. The van der Waals surface area contributed by atoms with Gasteiger partial charge in [0.05, 0.1) is 25.9 Å². The number of ether oxygens (including phenoxy) is 2. The molecule has 6 heteroatoms. The van der Waals surface area contributed by atoms with Crippen molar-refractivity contribution in [3.8, 4) is 22.6 Å².